The van der Waals surface area contributed by atoms with Gasteiger partial charge in [0.05, 0.1) is 12.4 Å². The van der Waals surface area contributed by atoms with Gasteiger partial charge in [-0.3, -0.25) is 0 Å². The molecule has 0 radical (unpaired) electrons. The minimum absolute atomic E-state index is 0.0345. The maximum Gasteiger partial charge on any atom is 0.215 e. The molecule has 1 rings (SSSR count). The molecule has 0 aliphatic heterocycles. The van der Waals surface area contributed by atoms with Crippen molar-refractivity contribution in [2.45, 2.75) is 38.7 Å². The summed E-state index contributed by atoms with van der Waals surface area (Å²) in [5.74, 6) is -0.0360. The van der Waals surface area contributed by atoms with E-state index in [1.807, 2.05) is 7.05 Å². The molecule has 2 N–H and O–H groups in total. The van der Waals surface area contributed by atoms with Gasteiger partial charge < -0.3 is 10.0 Å². The first-order valence-electron chi connectivity index (χ1n) is 7.24. The van der Waals surface area contributed by atoms with Crippen molar-refractivity contribution in [3.05, 3.63) is 35.4 Å². The largest absolute Gasteiger partial charge is 0.392 e. The number of nitrogens with zero attached hydrogens (tertiary/aromatic N) is 1. The van der Waals surface area contributed by atoms with Crippen LogP contribution in [0.15, 0.2) is 24.3 Å². The van der Waals surface area contributed by atoms with Crippen molar-refractivity contribution in [1.82, 2.24) is 9.62 Å². The van der Waals surface area contributed by atoms with Crippen LogP contribution in [-0.2, 0) is 22.4 Å². The maximum atomic E-state index is 12.0. The molecule has 5 nitrogen and oxygen atoms in total. The van der Waals surface area contributed by atoms with Crippen LogP contribution in [0.4, 0.5) is 0 Å². The van der Waals surface area contributed by atoms with Crippen LogP contribution in [0.3, 0.4) is 0 Å². The van der Waals surface area contributed by atoms with Gasteiger partial charge in [-0.05, 0) is 31.5 Å². The number of sulfonamides is 1. The lowest BCUT2D eigenvalue weighted by Crippen LogP contribution is -2.37. The number of benzene rings is 1. The summed E-state index contributed by atoms with van der Waals surface area (Å²) in [6, 6.07) is 7.38. The summed E-state index contributed by atoms with van der Waals surface area (Å²) in [6.45, 7) is 5.31. The van der Waals surface area contributed by atoms with E-state index in [0.29, 0.717) is 19.1 Å². The number of hydrogen-bond donors (Lipinski definition) is 2. The van der Waals surface area contributed by atoms with Crippen molar-refractivity contribution in [3.8, 4) is 0 Å². The molecule has 1 aromatic carbocycles. The number of nitrogens with one attached hydrogen (secondary N) is 1. The van der Waals surface area contributed by atoms with Crippen LogP contribution in [0.5, 0.6) is 0 Å². The normalized spacial score (nSPS) is 13.6. The predicted molar refractivity (Wildman–Crippen MR) is 85.4 cm³/mol. The minimum atomic E-state index is -3.32. The van der Waals surface area contributed by atoms with Gasteiger partial charge in [0.1, 0.15) is 0 Å². The Bertz CT molecular complexity index is 514. The molecule has 0 amide bonds. The van der Waals surface area contributed by atoms with E-state index < -0.39 is 10.0 Å². The summed E-state index contributed by atoms with van der Waals surface area (Å²) in [6.07, 6.45) is 1.04. The summed E-state index contributed by atoms with van der Waals surface area (Å²) in [4.78, 5) is 2.14. The van der Waals surface area contributed by atoms with Crippen LogP contribution >= 0.6 is 0 Å². The highest BCUT2D eigenvalue weighted by Gasteiger charge is 2.12. The SMILES string of the molecule is CCC(C)N(C)CCNS(=O)(=O)Cc1ccc(CO)cc1. The summed E-state index contributed by atoms with van der Waals surface area (Å²) in [5.41, 5.74) is 1.49. The third kappa shape index (κ3) is 6.56. The Morgan fingerprint density at radius 3 is 2.33 bits per heavy atom. The summed E-state index contributed by atoms with van der Waals surface area (Å²) in [7, 11) is -1.33. The smallest absolute Gasteiger partial charge is 0.215 e. The molecule has 0 aliphatic rings. The van der Waals surface area contributed by atoms with E-state index >= 15 is 0 Å². The maximum absolute atomic E-state index is 12.0. The van der Waals surface area contributed by atoms with Gasteiger partial charge in [0.25, 0.3) is 0 Å². The highest BCUT2D eigenvalue weighted by atomic mass is 32.2. The molecule has 0 heterocycles. The third-order valence-electron chi connectivity index (χ3n) is 3.69. The quantitative estimate of drug-likeness (QED) is 0.721. The van der Waals surface area contributed by atoms with Crippen LogP contribution in [0, 0.1) is 0 Å². The molecule has 0 saturated carbocycles. The van der Waals surface area contributed by atoms with Crippen molar-refractivity contribution in [3.63, 3.8) is 0 Å². The van der Waals surface area contributed by atoms with E-state index in [2.05, 4.69) is 23.5 Å². The number of likely N-dealkylation sites (N-methyl/N-ethyl adjacent to an activating group) is 1. The minimum Gasteiger partial charge on any atom is -0.392 e. The second kappa shape index (κ2) is 8.48. The van der Waals surface area contributed by atoms with E-state index in [1.165, 1.54) is 0 Å². The number of aliphatic hydroxyl groups is 1. The fourth-order valence-electron chi connectivity index (χ4n) is 1.92. The van der Waals surface area contributed by atoms with Gasteiger partial charge in [-0.1, -0.05) is 31.2 Å². The first kappa shape index (κ1) is 18.1. The second-order valence-corrected chi connectivity index (χ2v) is 7.17. The summed E-state index contributed by atoms with van der Waals surface area (Å²) in [5, 5.41) is 8.96. The average molecular weight is 314 g/mol. The lowest BCUT2D eigenvalue weighted by Gasteiger charge is -2.23. The molecule has 0 saturated heterocycles. The van der Waals surface area contributed by atoms with Crippen LogP contribution < -0.4 is 4.72 Å². The van der Waals surface area contributed by atoms with Gasteiger partial charge in [-0.15, -0.1) is 0 Å². The second-order valence-electron chi connectivity index (χ2n) is 5.37. The summed E-state index contributed by atoms with van der Waals surface area (Å²) >= 11 is 0. The number of hydrogen-bond acceptors (Lipinski definition) is 4. The Balaban J connectivity index is 2.46. The van der Waals surface area contributed by atoms with Gasteiger partial charge in [-0.25, -0.2) is 13.1 Å². The van der Waals surface area contributed by atoms with E-state index in [1.54, 1.807) is 24.3 Å². The molecular weight excluding hydrogens is 288 g/mol. The first-order chi connectivity index (χ1) is 9.88. The molecular formula is C15H26N2O3S. The van der Waals surface area contributed by atoms with Gasteiger partial charge >= 0.3 is 0 Å². The van der Waals surface area contributed by atoms with Crippen LogP contribution in [0.1, 0.15) is 31.4 Å². The lowest BCUT2D eigenvalue weighted by atomic mass is 10.2. The van der Waals surface area contributed by atoms with Gasteiger partial charge in [0.2, 0.25) is 10.0 Å². The molecule has 1 unspecified atom stereocenters. The molecule has 0 aliphatic carbocycles. The molecule has 1 atom stereocenters. The van der Waals surface area contributed by atoms with E-state index in [0.717, 1.165) is 17.5 Å². The fourth-order valence-corrected chi connectivity index (χ4v) is 3.06. The highest BCUT2D eigenvalue weighted by molar-refractivity contribution is 7.88. The summed E-state index contributed by atoms with van der Waals surface area (Å²) < 4.78 is 26.6. The molecule has 1 aromatic rings. The zero-order chi connectivity index (χ0) is 15.9. The predicted octanol–water partition coefficient (Wildman–Crippen LogP) is 1.33. The zero-order valence-corrected chi connectivity index (χ0v) is 13.9. The standard InChI is InChI=1S/C15H26N2O3S/c1-4-13(2)17(3)10-9-16-21(19,20)12-15-7-5-14(11-18)6-8-15/h5-8,13,16,18H,4,9-12H2,1-3H3. The molecule has 6 heteroatoms. The fraction of sp³-hybridized carbons (Fsp3) is 0.600. The van der Waals surface area contributed by atoms with Crippen LogP contribution in [0.2, 0.25) is 0 Å². The number of aliphatic hydroxyl groups excluding tert-OH is 1. The first-order valence-corrected chi connectivity index (χ1v) is 8.89. The zero-order valence-electron chi connectivity index (χ0n) is 13.0. The number of rotatable bonds is 9. The van der Waals surface area contributed by atoms with Crippen molar-refractivity contribution in [1.29, 1.82) is 0 Å². The third-order valence-corrected chi connectivity index (χ3v) is 5.05. The van der Waals surface area contributed by atoms with Crippen molar-refractivity contribution >= 4 is 10.0 Å². The van der Waals surface area contributed by atoms with Gasteiger partial charge in [0.15, 0.2) is 0 Å². The lowest BCUT2D eigenvalue weighted by molar-refractivity contribution is 0.256. The van der Waals surface area contributed by atoms with Crippen LogP contribution in [-0.4, -0.2) is 44.6 Å². The molecule has 0 fully saturated rings. The monoisotopic (exact) mass is 314 g/mol. The van der Waals surface area contributed by atoms with E-state index in [4.69, 9.17) is 5.11 Å². The molecule has 0 bridgehead atoms. The Labute approximate surface area is 128 Å². The molecule has 120 valence electrons. The Morgan fingerprint density at radius 1 is 1.24 bits per heavy atom. The van der Waals surface area contributed by atoms with Crippen LogP contribution in [0.25, 0.3) is 0 Å². The molecule has 0 aromatic heterocycles. The Morgan fingerprint density at radius 2 is 1.81 bits per heavy atom. The van der Waals surface area contributed by atoms with Crippen molar-refractivity contribution in [2.75, 3.05) is 20.1 Å². The highest BCUT2D eigenvalue weighted by Crippen LogP contribution is 2.08. The van der Waals surface area contributed by atoms with Crippen molar-refractivity contribution < 1.29 is 13.5 Å². The average Bonchev–Trinajstić information content (AvgIpc) is 2.46. The molecule has 0 spiro atoms. The van der Waals surface area contributed by atoms with E-state index in [-0.39, 0.29) is 12.4 Å². The van der Waals surface area contributed by atoms with Gasteiger partial charge in [0, 0.05) is 19.1 Å². The topological polar surface area (TPSA) is 69.6 Å². The van der Waals surface area contributed by atoms with Gasteiger partial charge in [-0.2, -0.15) is 0 Å². The Hall–Kier alpha value is -0.950. The Kier molecular flexibility index (Phi) is 7.31. The van der Waals surface area contributed by atoms with E-state index in [9.17, 15) is 8.42 Å². The molecule has 21 heavy (non-hydrogen) atoms. The van der Waals surface area contributed by atoms with Crippen molar-refractivity contribution in [2.24, 2.45) is 0 Å².